The van der Waals surface area contributed by atoms with E-state index in [1.807, 2.05) is 14.0 Å². The molecule has 1 rings (SSSR count). The fourth-order valence-electron chi connectivity index (χ4n) is 1.76. The van der Waals surface area contributed by atoms with Crippen LogP contribution in [0.3, 0.4) is 0 Å². The molecule has 0 spiro atoms. The topological polar surface area (TPSA) is 64.8 Å². The van der Waals surface area contributed by atoms with E-state index in [0.29, 0.717) is 19.0 Å². The normalized spacial score (nSPS) is 10.1. The average Bonchev–Trinajstić information content (AvgIpc) is 2.31. The van der Waals surface area contributed by atoms with Crippen LogP contribution < -0.4 is 10.2 Å². The standard InChI is InChI=1S/C12H19N5/c1-9(2)17(7-5-6-13)12-10(3)11(14-4)15-8-16-12/h8-9H,5,7H2,1-4H3,(H,14,15,16). The SMILES string of the molecule is CNc1ncnc(N(CCC#N)C(C)C)c1C. The van der Waals surface area contributed by atoms with E-state index in [-0.39, 0.29) is 0 Å². The molecule has 1 heterocycles. The van der Waals surface area contributed by atoms with Gasteiger partial charge in [0, 0.05) is 25.2 Å². The third-order valence-corrected chi connectivity index (χ3v) is 2.65. The Balaban J connectivity index is 3.06. The lowest BCUT2D eigenvalue weighted by atomic mass is 10.2. The van der Waals surface area contributed by atoms with Crippen LogP contribution in [0.2, 0.25) is 0 Å². The van der Waals surface area contributed by atoms with Crippen molar-refractivity contribution in [3.8, 4) is 6.07 Å². The Hall–Kier alpha value is -1.83. The van der Waals surface area contributed by atoms with Crippen molar-refractivity contribution < 1.29 is 0 Å². The van der Waals surface area contributed by atoms with Crippen LogP contribution >= 0.6 is 0 Å². The van der Waals surface area contributed by atoms with Gasteiger partial charge >= 0.3 is 0 Å². The molecule has 0 aliphatic carbocycles. The molecule has 0 aromatic carbocycles. The Kier molecular flexibility index (Phi) is 4.70. The summed E-state index contributed by atoms with van der Waals surface area (Å²) < 4.78 is 0. The van der Waals surface area contributed by atoms with Crippen LogP contribution in [-0.2, 0) is 0 Å². The van der Waals surface area contributed by atoms with Gasteiger partial charge in [-0.25, -0.2) is 9.97 Å². The summed E-state index contributed by atoms with van der Waals surface area (Å²) in [6, 6.07) is 2.48. The summed E-state index contributed by atoms with van der Waals surface area (Å²) >= 11 is 0. The van der Waals surface area contributed by atoms with Gasteiger partial charge in [0.1, 0.15) is 18.0 Å². The molecule has 0 atom stereocenters. The first-order valence-corrected chi connectivity index (χ1v) is 5.74. The fraction of sp³-hybridized carbons (Fsp3) is 0.583. The molecule has 0 aliphatic rings. The Labute approximate surface area is 102 Å². The van der Waals surface area contributed by atoms with E-state index < -0.39 is 0 Å². The maximum absolute atomic E-state index is 8.69. The predicted molar refractivity (Wildman–Crippen MR) is 69.0 cm³/mol. The highest BCUT2D eigenvalue weighted by molar-refractivity contribution is 5.58. The van der Waals surface area contributed by atoms with Crippen molar-refractivity contribution in [1.82, 2.24) is 9.97 Å². The molecule has 0 saturated carbocycles. The smallest absolute Gasteiger partial charge is 0.137 e. The number of anilines is 2. The molecule has 1 N–H and O–H groups in total. The van der Waals surface area contributed by atoms with Crippen LogP contribution in [0.5, 0.6) is 0 Å². The van der Waals surface area contributed by atoms with Crippen LogP contribution in [-0.4, -0.2) is 29.6 Å². The second kappa shape index (κ2) is 6.04. The first kappa shape index (κ1) is 13.2. The highest BCUT2D eigenvalue weighted by Crippen LogP contribution is 2.23. The molecule has 5 nitrogen and oxygen atoms in total. The van der Waals surface area contributed by atoms with Gasteiger partial charge in [-0.05, 0) is 20.8 Å². The van der Waals surface area contributed by atoms with Gasteiger partial charge in [0.05, 0.1) is 12.5 Å². The fourth-order valence-corrected chi connectivity index (χ4v) is 1.76. The Bertz CT molecular complexity index is 408. The largest absolute Gasteiger partial charge is 0.373 e. The molecule has 5 heteroatoms. The predicted octanol–water partition coefficient (Wildman–Crippen LogP) is 1.96. The lowest BCUT2D eigenvalue weighted by Gasteiger charge is -2.28. The third kappa shape index (κ3) is 3.06. The first-order valence-electron chi connectivity index (χ1n) is 5.74. The summed E-state index contributed by atoms with van der Waals surface area (Å²) in [6.45, 7) is 6.87. The van der Waals surface area contributed by atoms with E-state index in [1.54, 1.807) is 6.33 Å². The van der Waals surface area contributed by atoms with Crippen molar-refractivity contribution >= 4 is 11.6 Å². The lowest BCUT2D eigenvalue weighted by molar-refractivity contribution is 0.673. The lowest BCUT2D eigenvalue weighted by Crippen LogP contribution is -2.33. The van der Waals surface area contributed by atoms with E-state index in [1.165, 1.54) is 0 Å². The van der Waals surface area contributed by atoms with E-state index in [4.69, 9.17) is 5.26 Å². The minimum Gasteiger partial charge on any atom is -0.373 e. The molecule has 0 radical (unpaired) electrons. The number of nitrogens with one attached hydrogen (secondary N) is 1. The number of hydrogen-bond donors (Lipinski definition) is 1. The summed E-state index contributed by atoms with van der Waals surface area (Å²) in [5.74, 6) is 1.73. The van der Waals surface area contributed by atoms with Gasteiger partial charge in [0.2, 0.25) is 0 Å². The van der Waals surface area contributed by atoms with Gasteiger partial charge in [-0.1, -0.05) is 0 Å². The molecule has 0 saturated heterocycles. The zero-order valence-corrected chi connectivity index (χ0v) is 10.9. The molecule has 0 unspecified atom stereocenters. The highest BCUT2D eigenvalue weighted by atomic mass is 15.2. The second-order valence-electron chi connectivity index (χ2n) is 4.12. The van der Waals surface area contributed by atoms with Crippen molar-refractivity contribution in [3.05, 3.63) is 11.9 Å². The van der Waals surface area contributed by atoms with Crippen molar-refractivity contribution in [1.29, 1.82) is 5.26 Å². The number of nitriles is 1. The number of nitrogens with zero attached hydrogens (tertiary/aromatic N) is 4. The van der Waals surface area contributed by atoms with E-state index in [0.717, 1.165) is 17.2 Å². The zero-order valence-electron chi connectivity index (χ0n) is 10.9. The van der Waals surface area contributed by atoms with Crippen LogP contribution in [0.15, 0.2) is 6.33 Å². The molecule has 0 aliphatic heterocycles. The van der Waals surface area contributed by atoms with Crippen LogP contribution in [0.1, 0.15) is 25.8 Å². The summed E-state index contributed by atoms with van der Waals surface area (Å²) in [5.41, 5.74) is 1.02. The zero-order chi connectivity index (χ0) is 12.8. The van der Waals surface area contributed by atoms with Crippen molar-refractivity contribution in [2.24, 2.45) is 0 Å². The molecule has 1 aromatic rings. The quantitative estimate of drug-likeness (QED) is 0.842. The van der Waals surface area contributed by atoms with Gasteiger partial charge in [-0.15, -0.1) is 0 Å². The third-order valence-electron chi connectivity index (χ3n) is 2.65. The maximum atomic E-state index is 8.69. The van der Waals surface area contributed by atoms with E-state index in [9.17, 15) is 0 Å². The minimum absolute atomic E-state index is 0.307. The number of hydrogen-bond acceptors (Lipinski definition) is 5. The van der Waals surface area contributed by atoms with E-state index >= 15 is 0 Å². The summed E-state index contributed by atoms with van der Waals surface area (Å²) in [5, 5.41) is 11.7. The summed E-state index contributed by atoms with van der Waals surface area (Å²) in [4.78, 5) is 10.6. The first-order chi connectivity index (χ1) is 8.11. The Morgan fingerprint density at radius 3 is 2.71 bits per heavy atom. The maximum Gasteiger partial charge on any atom is 0.137 e. The van der Waals surface area contributed by atoms with Gasteiger partial charge in [0.15, 0.2) is 0 Å². The highest BCUT2D eigenvalue weighted by Gasteiger charge is 2.16. The van der Waals surface area contributed by atoms with E-state index in [2.05, 4.69) is 40.1 Å². The van der Waals surface area contributed by atoms with Gasteiger partial charge in [0.25, 0.3) is 0 Å². The van der Waals surface area contributed by atoms with Gasteiger partial charge < -0.3 is 10.2 Å². The van der Waals surface area contributed by atoms with Gasteiger partial charge in [-0.2, -0.15) is 5.26 Å². The number of rotatable bonds is 5. The van der Waals surface area contributed by atoms with Crippen molar-refractivity contribution in [3.63, 3.8) is 0 Å². The molecule has 0 fully saturated rings. The Morgan fingerprint density at radius 2 is 2.18 bits per heavy atom. The van der Waals surface area contributed by atoms with Crippen LogP contribution in [0, 0.1) is 18.3 Å². The van der Waals surface area contributed by atoms with Gasteiger partial charge in [-0.3, -0.25) is 0 Å². The molecule has 0 amide bonds. The molecule has 92 valence electrons. The van der Waals surface area contributed by atoms with Crippen LogP contribution in [0.25, 0.3) is 0 Å². The van der Waals surface area contributed by atoms with Crippen molar-refractivity contribution in [2.45, 2.75) is 33.2 Å². The summed E-state index contributed by atoms with van der Waals surface area (Å²) in [6.07, 6.45) is 2.05. The average molecular weight is 233 g/mol. The molecule has 0 bridgehead atoms. The monoisotopic (exact) mass is 233 g/mol. The molecule has 1 aromatic heterocycles. The Morgan fingerprint density at radius 1 is 1.47 bits per heavy atom. The molecular formula is C12H19N5. The summed E-state index contributed by atoms with van der Waals surface area (Å²) in [7, 11) is 1.84. The molecular weight excluding hydrogens is 214 g/mol. The van der Waals surface area contributed by atoms with Crippen molar-refractivity contribution in [2.75, 3.05) is 23.8 Å². The minimum atomic E-state index is 0.307. The number of aromatic nitrogens is 2. The van der Waals surface area contributed by atoms with Crippen LogP contribution in [0.4, 0.5) is 11.6 Å². The second-order valence-corrected chi connectivity index (χ2v) is 4.12. The molecule has 17 heavy (non-hydrogen) atoms.